The number of primary amides is 1. The summed E-state index contributed by atoms with van der Waals surface area (Å²) >= 11 is 14.8. The zero-order valence-electron chi connectivity index (χ0n) is 13.2. The summed E-state index contributed by atoms with van der Waals surface area (Å²) in [5.41, 5.74) is 9.66. The van der Waals surface area contributed by atoms with Crippen LogP contribution in [0.3, 0.4) is 0 Å². The van der Waals surface area contributed by atoms with Crippen LogP contribution in [0.4, 0.5) is 10.5 Å². The normalized spacial score (nSPS) is 19.0. The zero-order valence-corrected chi connectivity index (χ0v) is 16.9. The summed E-state index contributed by atoms with van der Waals surface area (Å²) in [6.07, 6.45) is 0.213. The molecule has 0 saturated heterocycles. The van der Waals surface area contributed by atoms with Crippen LogP contribution < -0.4 is 16.2 Å². The molecular formula is C17H14Cl2IN3O3. The van der Waals surface area contributed by atoms with E-state index in [2.05, 4.69) is 28.0 Å². The molecule has 0 fully saturated rings. The van der Waals surface area contributed by atoms with E-state index in [4.69, 9.17) is 28.9 Å². The Morgan fingerprint density at radius 3 is 2.46 bits per heavy atom. The summed E-state index contributed by atoms with van der Waals surface area (Å²) < 4.78 is 1.07. The number of rotatable bonds is 3. The molecule has 9 heteroatoms. The number of hydrazine groups is 1. The highest BCUT2D eigenvalue weighted by molar-refractivity contribution is 14.1. The molecule has 0 spiro atoms. The maximum Gasteiger partial charge on any atom is 0.331 e. The molecule has 3 rings (SSSR count). The predicted octanol–water partition coefficient (Wildman–Crippen LogP) is 3.98. The standard InChI is InChI=1S/C17H14Cl2IN3O3/c18-9-5-12(19)15-11(8-1-3-10(20)4-2-8)7-14(16(24)25)23(13(15)6-9)22-17(21)26/h1-6,11,14H,7H2,(H,24,25)(H3,21,22,26). The number of nitrogens with one attached hydrogen (secondary N) is 1. The fourth-order valence-corrected chi connectivity index (χ4v) is 4.17. The third-order valence-corrected chi connectivity index (χ3v) is 5.49. The monoisotopic (exact) mass is 505 g/mol. The van der Waals surface area contributed by atoms with Crippen molar-refractivity contribution in [2.75, 3.05) is 5.01 Å². The van der Waals surface area contributed by atoms with Crippen LogP contribution in [0.25, 0.3) is 0 Å². The van der Waals surface area contributed by atoms with E-state index in [0.717, 1.165) is 9.13 Å². The second-order valence-electron chi connectivity index (χ2n) is 5.86. The summed E-state index contributed by atoms with van der Waals surface area (Å²) in [6.45, 7) is 0. The van der Waals surface area contributed by atoms with Gasteiger partial charge in [-0.1, -0.05) is 35.3 Å². The summed E-state index contributed by atoms with van der Waals surface area (Å²) in [6, 6.07) is 9.07. The second-order valence-corrected chi connectivity index (χ2v) is 7.95. The number of benzene rings is 2. The molecule has 0 aromatic heterocycles. The SMILES string of the molecule is NC(=O)NN1c2cc(Cl)cc(Cl)c2C(c2ccc(I)cc2)CC1C(=O)O. The van der Waals surface area contributed by atoms with E-state index in [-0.39, 0.29) is 12.3 Å². The predicted molar refractivity (Wildman–Crippen MR) is 109 cm³/mol. The molecule has 2 amide bonds. The number of urea groups is 1. The van der Waals surface area contributed by atoms with Crippen LogP contribution in [0.2, 0.25) is 10.0 Å². The first-order valence-corrected chi connectivity index (χ1v) is 9.44. The molecule has 0 aliphatic carbocycles. The Hall–Kier alpha value is -1.71. The molecule has 6 nitrogen and oxygen atoms in total. The largest absolute Gasteiger partial charge is 0.480 e. The van der Waals surface area contributed by atoms with Crippen LogP contribution in [-0.4, -0.2) is 23.1 Å². The first-order valence-electron chi connectivity index (χ1n) is 7.60. The molecule has 0 saturated carbocycles. The molecule has 4 N–H and O–H groups in total. The van der Waals surface area contributed by atoms with Crippen molar-refractivity contribution in [2.24, 2.45) is 5.73 Å². The van der Waals surface area contributed by atoms with Gasteiger partial charge in [0, 0.05) is 25.1 Å². The van der Waals surface area contributed by atoms with Crippen molar-refractivity contribution in [3.8, 4) is 0 Å². The lowest BCUT2D eigenvalue weighted by atomic mass is 9.81. The lowest BCUT2D eigenvalue weighted by Gasteiger charge is -2.40. The summed E-state index contributed by atoms with van der Waals surface area (Å²) in [7, 11) is 0. The average molecular weight is 506 g/mol. The molecule has 2 aromatic rings. The van der Waals surface area contributed by atoms with Crippen LogP contribution in [0, 0.1) is 3.57 Å². The number of nitrogens with zero attached hydrogens (tertiary/aromatic N) is 1. The fourth-order valence-electron chi connectivity index (χ4n) is 3.20. The van der Waals surface area contributed by atoms with Crippen molar-refractivity contribution in [1.82, 2.24) is 5.43 Å². The van der Waals surface area contributed by atoms with Crippen LogP contribution in [0.15, 0.2) is 36.4 Å². The summed E-state index contributed by atoms with van der Waals surface area (Å²) in [5.74, 6) is -1.35. The van der Waals surface area contributed by atoms with E-state index >= 15 is 0 Å². The van der Waals surface area contributed by atoms with Crippen LogP contribution in [-0.2, 0) is 4.79 Å². The number of nitrogens with two attached hydrogens (primary N) is 1. The average Bonchev–Trinajstić information content (AvgIpc) is 2.55. The molecule has 1 aliphatic rings. The van der Waals surface area contributed by atoms with Crippen molar-refractivity contribution in [3.63, 3.8) is 0 Å². The highest BCUT2D eigenvalue weighted by Gasteiger charge is 2.39. The van der Waals surface area contributed by atoms with Gasteiger partial charge in [0.15, 0.2) is 0 Å². The Kier molecular flexibility index (Phi) is 5.50. The number of fused-ring (bicyclic) bond motifs is 1. The highest BCUT2D eigenvalue weighted by atomic mass is 127. The Morgan fingerprint density at radius 1 is 1.23 bits per heavy atom. The molecule has 136 valence electrons. The smallest absolute Gasteiger partial charge is 0.331 e. The van der Waals surface area contributed by atoms with Crippen molar-refractivity contribution in [2.45, 2.75) is 18.4 Å². The first kappa shape index (κ1) is 19.1. The van der Waals surface area contributed by atoms with Gasteiger partial charge in [0.2, 0.25) is 0 Å². The van der Waals surface area contributed by atoms with Crippen LogP contribution in [0.5, 0.6) is 0 Å². The van der Waals surface area contributed by atoms with E-state index in [1.54, 1.807) is 12.1 Å². The second kappa shape index (κ2) is 7.50. The van der Waals surface area contributed by atoms with Crippen molar-refractivity contribution in [3.05, 3.63) is 61.1 Å². The molecule has 2 atom stereocenters. The Balaban J connectivity index is 2.20. The molecular weight excluding hydrogens is 492 g/mol. The number of halogens is 3. The van der Waals surface area contributed by atoms with E-state index in [1.165, 1.54) is 5.01 Å². The van der Waals surface area contributed by atoms with Gasteiger partial charge in [0.25, 0.3) is 0 Å². The molecule has 1 aliphatic heterocycles. The number of carboxylic acid groups (broad SMARTS) is 1. The lowest BCUT2D eigenvalue weighted by molar-refractivity contribution is -0.139. The van der Waals surface area contributed by atoms with Gasteiger partial charge in [-0.05, 0) is 58.8 Å². The minimum absolute atomic E-state index is 0.213. The molecule has 1 heterocycles. The van der Waals surface area contributed by atoms with E-state index in [9.17, 15) is 14.7 Å². The molecule has 26 heavy (non-hydrogen) atoms. The first-order chi connectivity index (χ1) is 12.3. The highest BCUT2D eigenvalue weighted by Crippen LogP contribution is 2.46. The number of hydrogen-bond acceptors (Lipinski definition) is 3. The quantitative estimate of drug-likeness (QED) is 0.550. The minimum atomic E-state index is -1.09. The van der Waals surface area contributed by atoms with Gasteiger partial charge in [-0.3, -0.25) is 5.01 Å². The molecule has 2 unspecified atom stereocenters. The fraction of sp³-hybridized carbons (Fsp3) is 0.176. The van der Waals surface area contributed by atoms with Gasteiger partial charge in [0.05, 0.1) is 5.69 Å². The van der Waals surface area contributed by atoms with Crippen LogP contribution >= 0.6 is 45.8 Å². The minimum Gasteiger partial charge on any atom is -0.480 e. The summed E-state index contributed by atoms with van der Waals surface area (Å²) in [4.78, 5) is 23.3. The van der Waals surface area contributed by atoms with Gasteiger partial charge in [-0.25, -0.2) is 15.0 Å². The van der Waals surface area contributed by atoms with E-state index in [1.807, 2.05) is 24.3 Å². The van der Waals surface area contributed by atoms with Crippen molar-refractivity contribution >= 4 is 63.5 Å². The maximum absolute atomic E-state index is 11.9. The molecule has 0 bridgehead atoms. The van der Waals surface area contributed by atoms with Gasteiger partial charge in [-0.2, -0.15) is 0 Å². The third-order valence-electron chi connectivity index (χ3n) is 4.24. The summed E-state index contributed by atoms with van der Waals surface area (Å²) in [5, 5.41) is 11.6. The topological polar surface area (TPSA) is 95.7 Å². The third kappa shape index (κ3) is 3.70. The number of hydrogen-bond donors (Lipinski definition) is 3. The van der Waals surface area contributed by atoms with Crippen LogP contribution in [0.1, 0.15) is 23.5 Å². The number of aliphatic carboxylic acids is 1. The van der Waals surface area contributed by atoms with E-state index < -0.39 is 18.0 Å². The van der Waals surface area contributed by atoms with Gasteiger partial charge < -0.3 is 10.8 Å². The van der Waals surface area contributed by atoms with Gasteiger partial charge in [0.1, 0.15) is 6.04 Å². The number of carbonyl (C=O) groups is 2. The lowest BCUT2D eigenvalue weighted by Crippen LogP contribution is -2.56. The zero-order chi connectivity index (χ0) is 19.0. The maximum atomic E-state index is 11.9. The van der Waals surface area contributed by atoms with Gasteiger partial charge >= 0.3 is 12.0 Å². The number of anilines is 1. The number of carboxylic acids is 1. The number of carbonyl (C=O) groups excluding carboxylic acids is 1. The van der Waals surface area contributed by atoms with Gasteiger partial charge in [-0.15, -0.1) is 0 Å². The number of amides is 2. The Morgan fingerprint density at radius 2 is 1.88 bits per heavy atom. The molecule has 2 aromatic carbocycles. The van der Waals surface area contributed by atoms with Crippen molar-refractivity contribution < 1.29 is 14.7 Å². The Bertz CT molecular complexity index is 876. The van der Waals surface area contributed by atoms with Crippen molar-refractivity contribution in [1.29, 1.82) is 0 Å². The Labute approximate surface area is 173 Å². The van der Waals surface area contributed by atoms with E-state index in [0.29, 0.717) is 21.3 Å². The molecule has 0 radical (unpaired) electrons.